The van der Waals surface area contributed by atoms with Crippen molar-refractivity contribution in [2.75, 3.05) is 30.0 Å². The molecule has 0 aliphatic rings. The minimum atomic E-state index is -3.46. The fourth-order valence-corrected chi connectivity index (χ4v) is 2.01. The number of nitrogens with two attached hydrogens (primary N) is 1. The molecule has 0 saturated heterocycles. The Morgan fingerprint density at radius 2 is 1.89 bits per heavy atom. The summed E-state index contributed by atoms with van der Waals surface area (Å²) in [5.74, 6) is 1.99. The number of hydrogen-bond acceptors (Lipinski definition) is 6. The smallest absolute Gasteiger partial charge is 0.210 e. The van der Waals surface area contributed by atoms with Gasteiger partial charge in [0.05, 0.1) is 5.75 Å². The Hall–Kier alpha value is -1.41. The molecule has 0 unspecified atom stereocenters. The van der Waals surface area contributed by atoms with Gasteiger partial charge in [-0.05, 0) is 13.3 Å². The fraction of sp³-hybridized carbons (Fsp3) is 0.636. The van der Waals surface area contributed by atoms with Crippen molar-refractivity contribution in [2.45, 2.75) is 26.7 Å². The maximum atomic E-state index is 10.9. The average molecular weight is 287 g/mol. The molecule has 7 nitrogen and oxygen atoms in total. The lowest BCUT2D eigenvalue weighted by molar-refractivity contribution is 0.598. The Morgan fingerprint density at radius 1 is 1.26 bits per heavy atom. The second-order valence-electron chi connectivity index (χ2n) is 4.26. The molecule has 0 bridgehead atoms. The number of aryl methyl sites for hydroxylation is 1. The molecule has 0 spiro atoms. The van der Waals surface area contributed by atoms with Gasteiger partial charge in [-0.2, -0.15) is 0 Å². The van der Waals surface area contributed by atoms with Gasteiger partial charge in [0.15, 0.2) is 0 Å². The van der Waals surface area contributed by atoms with Crippen LogP contribution >= 0.6 is 0 Å². The van der Waals surface area contributed by atoms with Crippen LogP contribution in [0, 0.1) is 6.92 Å². The van der Waals surface area contributed by atoms with Crippen LogP contribution in [0.2, 0.25) is 0 Å². The summed E-state index contributed by atoms with van der Waals surface area (Å²) in [5.41, 5.74) is 0.858. The van der Waals surface area contributed by atoms with Crippen LogP contribution in [-0.2, 0) is 16.4 Å². The van der Waals surface area contributed by atoms with Gasteiger partial charge in [0.1, 0.15) is 17.5 Å². The third-order valence-corrected chi connectivity index (χ3v) is 3.35. The molecule has 0 amide bonds. The van der Waals surface area contributed by atoms with E-state index in [0.29, 0.717) is 5.82 Å². The lowest BCUT2D eigenvalue weighted by Crippen LogP contribution is -2.23. The highest BCUT2D eigenvalue weighted by Gasteiger charge is 2.10. The van der Waals surface area contributed by atoms with E-state index in [1.54, 1.807) is 7.05 Å². The summed E-state index contributed by atoms with van der Waals surface area (Å²) >= 11 is 0. The molecule has 0 fully saturated rings. The molecule has 19 heavy (non-hydrogen) atoms. The molecule has 0 aliphatic carbocycles. The standard InChI is InChI=1S/C11H21N5O2S/c1-4-5-9-15-10(13-3)8(2)11(16-9)14-6-7-19(12,17)18/h4-7H2,1-3H3,(H2,12,17,18)(H2,13,14,15,16). The highest BCUT2D eigenvalue weighted by atomic mass is 32.2. The van der Waals surface area contributed by atoms with Gasteiger partial charge in [-0.1, -0.05) is 6.92 Å². The van der Waals surface area contributed by atoms with E-state index in [9.17, 15) is 8.42 Å². The van der Waals surface area contributed by atoms with Crippen molar-refractivity contribution in [1.82, 2.24) is 9.97 Å². The van der Waals surface area contributed by atoms with Crippen molar-refractivity contribution in [1.29, 1.82) is 0 Å². The zero-order chi connectivity index (χ0) is 14.5. The molecule has 0 saturated carbocycles. The van der Waals surface area contributed by atoms with Crippen molar-refractivity contribution in [3.05, 3.63) is 11.4 Å². The lowest BCUT2D eigenvalue weighted by atomic mass is 10.2. The minimum absolute atomic E-state index is 0.131. The van der Waals surface area contributed by atoms with Gasteiger partial charge in [-0.15, -0.1) is 0 Å². The quantitative estimate of drug-likeness (QED) is 0.673. The van der Waals surface area contributed by atoms with Gasteiger partial charge < -0.3 is 10.6 Å². The normalized spacial score (nSPS) is 11.4. The number of nitrogens with one attached hydrogen (secondary N) is 2. The first-order chi connectivity index (χ1) is 8.87. The summed E-state index contributed by atoms with van der Waals surface area (Å²) in [6, 6.07) is 0. The van der Waals surface area contributed by atoms with Crippen molar-refractivity contribution in [3.8, 4) is 0 Å². The van der Waals surface area contributed by atoms with Gasteiger partial charge in [0, 0.05) is 25.6 Å². The molecule has 4 N–H and O–H groups in total. The summed E-state index contributed by atoms with van der Waals surface area (Å²) in [4.78, 5) is 8.79. The zero-order valence-electron chi connectivity index (χ0n) is 11.5. The third kappa shape index (κ3) is 4.99. The largest absolute Gasteiger partial charge is 0.373 e. The van der Waals surface area contributed by atoms with E-state index in [2.05, 4.69) is 27.5 Å². The molecule has 0 aromatic carbocycles. The van der Waals surface area contributed by atoms with Gasteiger partial charge in [-0.3, -0.25) is 0 Å². The van der Waals surface area contributed by atoms with Crippen LogP contribution in [0.15, 0.2) is 0 Å². The van der Waals surface area contributed by atoms with Gasteiger partial charge in [-0.25, -0.2) is 23.5 Å². The van der Waals surface area contributed by atoms with E-state index < -0.39 is 10.0 Å². The Labute approximate surface area is 114 Å². The summed E-state index contributed by atoms with van der Waals surface area (Å²) in [6.07, 6.45) is 1.72. The highest BCUT2D eigenvalue weighted by molar-refractivity contribution is 7.89. The molecule has 0 atom stereocenters. The molecule has 1 aromatic rings. The SMILES string of the molecule is CCCc1nc(NC)c(C)c(NCCS(N)(=O)=O)n1. The van der Waals surface area contributed by atoms with E-state index in [4.69, 9.17) is 5.14 Å². The first-order valence-corrected chi connectivity index (χ1v) is 7.88. The number of primary sulfonamides is 1. The van der Waals surface area contributed by atoms with E-state index in [-0.39, 0.29) is 12.3 Å². The van der Waals surface area contributed by atoms with Gasteiger partial charge >= 0.3 is 0 Å². The highest BCUT2D eigenvalue weighted by Crippen LogP contribution is 2.19. The molecule has 8 heteroatoms. The lowest BCUT2D eigenvalue weighted by Gasteiger charge is -2.13. The predicted molar refractivity (Wildman–Crippen MR) is 76.8 cm³/mol. The van der Waals surface area contributed by atoms with Crippen molar-refractivity contribution in [2.24, 2.45) is 5.14 Å². The van der Waals surface area contributed by atoms with Crippen LogP contribution in [0.1, 0.15) is 24.7 Å². The van der Waals surface area contributed by atoms with Crippen LogP contribution < -0.4 is 15.8 Å². The summed E-state index contributed by atoms with van der Waals surface area (Å²) in [6.45, 7) is 4.16. The number of sulfonamides is 1. The first-order valence-electron chi connectivity index (χ1n) is 6.17. The molecule has 1 rings (SSSR count). The molecule has 1 aromatic heterocycles. The second kappa shape index (κ2) is 6.67. The second-order valence-corrected chi connectivity index (χ2v) is 5.99. The number of nitrogens with zero attached hydrogens (tertiary/aromatic N) is 2. The molecule has 1 heterocycles. The van der Waals surface area contributed by atoms with Crippen LogP contribution in [0.3, 0.4) is 0 Å². The van der Waals surface area contributed by atoms with E-state index in [1.807, 2.05) is 6.92 Å². The van der Waals surface area contributed by atoms with E-state index in [1.165, 1.54) is 0 Å². The third-order valence-electron chi connectivity index (χ3n) is 2.58. The van der Waals surface area contributed by atoms with Crippen LogP contribution in [0.4, 0.5) is 11.6 Å². The Morgan fingerprint density at radius 3 is 2.42 bits per heavy atom. The van der Waals surface area contributed by atoms with Crippen LogP contribution in [0.5, 0.6) is 0 Å². The number of anilines is 2. The summed E-state index contributed by atoms with van der Waals surface area (Å²) < 4.78 is 21.8. The zero-order valence-corrected chi connectivity index (χ0v) is 12.3. The first kappa shape index (κ1) is 15.6. The maximum absolute atomic E-state index is 10.9. The molecule has 108 valence electrons. The van der Waals surface area contributed by atoms with Crippen molar-refractivity contribution in [3.63, 3.8) is 0 Å². The Bertz CT molecular complexity index is 530. The topological polar surface area (TPSA) is 110 Å². The van der Waals surface area contributed by atoms with E-state index in [0.717, 1.165) is 30.0 Å². The maximum Gasteiger partial charge on any atom is 0.210 e. The van der Waals surface area contributed by atoms with E-state index >= 15 is 0 Å². The van der Waals surface area contributed by atoms with Gasteiger partial charge in [0.25, 0.3) is 0 Å². The fourth-order valence-electron chi connectivity index (χ4n) is 1.63. The monoisotopic (exact) mass is 287 g/mol. The molecule has 0 radical (unpaired) electrons. The van der Waals surface area contributed by atoms with Crippen molar-refractivity contribution < 1.29 is 8.42 Å². The minimum Gasteiger partial charge on any atom is -0.373 e. The number of aromatic nitrogens is 2. The summed E-state index contributed by atoms with van der Waals surface area (Å²) in [5, 5.41) is 11.0. The van der Waals surface area contributed by atoms with Crippen molar-refractivity contribution >= 4 is 21.7 Å². The van der Waals surface area contributed by atoms with Crippen LogP contribution in [0.25, 0.3) is 0 Å². The number of rotatable bonds is 7. The Balaban J connectivity index is 2.88. The number of hydrogen-bond donors (Lipinski definition) is 3. The van der Waals surface area contributed by atoms with Gasteiger partial charge in [0.2, 0.25) is 10.0 Å². The average Bonchev–Trinajstić information content (AvgIpc) is 2.31. The molecule has 0 aliphatic heterocycles. The molecular formula is C11H21N5O2S. The Kier molecular flexibility index (Phi) is 5.49. The molecular weight excluding hydrogens is 266 g/mol. The predicted octanol–water partition coefficient (Wildman–Crippen LogP) is 0.480. The van der Waals surface area contributed by atoms with Crippen LogP contribution in [-0.4, -0.2) is 37.7 Å². The summed E-state index contributed by atoms with van der Waals surface area (Å²) in [7, 11) is -1.67.